The van der Waals surface area contributed by atoms with Crippen LogP contribution in [0.15, 0.2) is 0 Å². The van der Waals surface area contributed by atoms with Gasteiger partial charge in [0.2, 0.25) is 0 Å². The summed E-state index contributed by atoms with van der Waals surface area (Å²) >= 11 is 0. The van der Waals surface area contributed by atoms with Crippen LogP contribution in [0.2, 0.25) is 0 Å². The third kappa shape index (κ3) is 1.33. The third-order valence-corrected chi connectivity index (χ3v) is 3.61. The minimum Gasteiger partial charge on any atom is -0.349 e. The zero-order chi connectivity index (χ0) is 7.90. The van der Waals surface area contributed by atoms with E-state index in [1.54, 1.807) is 0 Å². The fraction of sp³-hybridized carbons (Fsp3) is 1.00. The Balaban J connectivity index is 1.88. The second-order valence-electron chi connectivity index (χ2n) is 4.82. The number of nitrogens with zero attached hydrogens (tertiary/aromatic N) is 1. The molecule has 2 fully saturated rings. The Morgan fingerprint density at radius 1 is 1.27 bits per heavy atom. The van der Waals surface area contributed by atoms with Crippen molar-refractivity contribution in [1.29, 1.82) is 0 Å². The summed E-state index contributed by atoms with van der Waals surface area (Å²) in [6.07, 6.45) is 5.96. The van der Waals surface area contributed by atoms with E-state index in [0.29, 0.717) is 0 Å². The van der Waals surface area contributed by atoms with E-state index < -0.39 is 0 Å². The van der Waals surface area contributed by atoms with Crippen molar-refractivity contribution in [2.75, 3.05) is 13.1 Å². The SMILES string of the molecule is BN1CCC2(CC1)CC(C)C2. The van der Waals surface area contributed by atoms with Crippen molar-refractivity contribution in [3.05, 3.63) is 0 Å². The molecule has 0 radical (unpaired) electrons. The second kappa shape index (κ2) is 2.51. The normalized spacial score (nSPS) is 32.1. The van der Waals surface area contributed by atoms with Crippen LogP contribution in [0, 0.1) is 11.3 Å². The summed E-state index contributed by atoms with van der Waals surface area (Å²) in [5.74, 6) is 1.03. The average Bonchev–Trinajstić information content (AvgIpc) is 1.92. The molecule has 1 heterocycles. The molecule has 1 nitrogen and oxygen atoms in total. The molecule has 0 atom stereocenters. The van der Waals surface area contributed by atoms with E-state index in [-0.39, 0.29) is 0 Å². The third-order valence-electron chi connectivity index (χ3n) is 3.61. The van der Waals surface area contributed by atoms with Crippen LogP contribution in [0.3, 0.4) is 0 Å². The first kappa shape index (κ1) is 7.66. The van der Waals surface area contributed by atoms with Crippen molar-refractivity contribution in [2.45, 2.75) is 32.6 Å². The standard InChI is InChI=1S/C9H18BN/c1-8-6-9(7-8)2-4-11(10)5-3-9/h8H,2-7,10H2,1H3. The molecule has 0 amide bonds. The highest BCUT2D eigenvalue weighted by molar-refractivity contribution is 6.04. The highest BCUT2D eigenvalue weighted by atomic mass is 15.0. The van der Waals surface area contributed by atoms with Crippen LogP contribution in [0.5, 0.6) is 0 Å². The van der Waals surface area contributed by atoms with Crippen LogP contribution >= 0.6 is 0 Å². The summed E-state index contributed by atoms with van der Waals surface area (Å²) in [6, 6.07) is 0. The van der Waals surface area contributed by atoms with Crippen molar-refractivity contribution in [3.8, 4) is 0 Å². The topological polar surface area (TPSA) is 3.24 Å². The highest BCUT2D eigenvalue weighted by Gasteiger charge is 2.42. The average molecular weight is 151 g/mol. The molecule has 0 N–H and O–H groups in total. The Morgan fingerprint density at radius 2 is 1.82 bits per heavy atom. The molecule has 1 saturated carbocycles. The summed E-state index contributed by atoms with van der Waals surface area (Å²) in [7, 11) is 2.24. The van der Waals surface area contributed by atoms with Crippen molar-refractivity contribution in [1.82, 2.24) is 4.81 Å². The van der Waals surface area contributed by atoms with Gasteiger partial charge in [-0.25, -0.2) is 0 Å². The minimum absolute atomic E-state index is 0.811. The molecule has 2 rings (SSSR count). The number of piperidine rings is 1. The first-order chi connectivity index (χ1) is 5.20. The van der Waals surface area contributed by atoms with E-state index in [1.807, 2.05) is 0 Å². The maximum Gasteiger partial charge on any atom is 0.185 e. The van der Waals surface area contributed by atoms with Crippen molar-refractivity contribution in [3.63, 3.8) is 0 Å². The zero-order valence-electron chi connectivity index (χ0n) is 7.77. The number of hydrogen-bond donors (Lipinski definition) is 0. The fourth-order valence-electron chi connectivity index (χ4n) is 2.92. The van der Waals surface area contributed by atoms with Gasteiger partial charge in [-0.1, -0.05) is 6.92 Å². The van der Waals surface area contributed by atoms with E-state index in [2.05, 4.69) is 19.7 Å². The summed E-state index contributed by atoms with van der Waals surface area (Å²) < 4.78 is 0. The molecule has 2 heteroatoms. The van der Waals surface area contributed by atoms with Gasteiger partial charge in [0.1, 0.15) is 0 Å². The second-order valence-corrected chi connectivity index (χ2v) is 4.82. The molecule has 11 heavy (non-hydrogen) atoms. The van der Waals surface area contributed by atoms with Gasteiger partial charge in [0.15, 0.2) is 7.98 Å². The van der Waals surface area contributed by atoms with Crippen LogP contribution in [-0.2, 0) is 0 Å². The lowest BCUT2D eigenvalue weighted by Crippen LogP contribution is -2.45. The molecule has 1 aliphatic heterocycles. The lowest BCUT2D eigenvalue weighted by atomic mass is 9.58. The Morgan fingerprint density at radius 3 is 2.27 bits per heavy atom. The molecule has 0 unspecified atom stereocenters. The first-order valence-electron chi connectivity index (χ1n) is 4.89. The predicted octanol–water partition coefficient (Wildman–Crippen LogP) is 1.05. The Hall–Kier alpha value is 0.0249. The summed E-state index contributed by atoms with van der Waals surface area (Å²) in [6.45, 7) is 5.07. The molecule has 0 bridgehead atoms. The van der Waals surface area contributed by atoms with Crippen LogP contribution in [0.1, 0.15) is 32.6 Å². The van der Waals surface area contributed by atoms with Gasteiger partial charge in [-0.3, -0.25) is 0 Å². The minimum atomic E-state index is 0.811. The van der Waals surface area contributed by atoms with Gasteiger partial charge >= 0.3 is 0 Å². The zero-order valence-corrected chi connectivity index (χ0v) is 7.77. The molecular weight excluding hydrogens is 133 g/mol. The van der Waals surface area contributed by atoms with Crippen LogP contribution in [0.25, 0.3) is 0 Å². The summed E-state index contributed by atoms with van der Waals surface area (Å²) in [4.78, 5) is 2.47. The number of rotatable bonds is 0. The van der Waals surface area contributed by atoms with Gasteiger partial charge < -0.3 is 4.81 Å². The van der Waals surface area contributed by atoms with Gasteiger partial charge in [0.25, 0.3) is 0 Å². The van der Waals surface area contributed by atoms with Gasteiger partial charge in [-0.2, -0.15) is 0 Å². The lowest BCUT2D eigenvalue weighted by Gasteiger charge is -2.51. The molecule has 0 aromatic heterocycles. The number of hydrogen-bond acceptors (Lipinski definition) is 1. The van der Waals surface area contributed by atoms with E-state index in [4.69, 9.17) is 0 Å². The van der Waals surface area contributed by atoms with E-state index >= 15 is 0 Å². The Labute approximate surface area is 70.6 Å². The molecule has 2 aliphatic rings. The molecular formula is C9H18BN. The van der Waals surface area contributed by atoms with E-state index in [1.165, 1.54) is 38.8 Å². The van der Waals surface area contributed by atoms with Crippen LogP contribution in [-0.4, -0.2) is 25.9 Å². The molecule has 62 valence electrons. The molecule has 0 aromatic carbocycles. The fourth-order valence-corrected chi connectivity index (χ4v) is 2.92. The Bertz CT molecular complexity index is 142. The van der Waals surface area contributed by atoms with Crippen molar-refractivity contribution in [2.24, 2.45) is 11.3 Å². The van der Waals surface area contributed by atoms with Gasteiger partial charge in [-0.05, 0) is 50.1 Å². The quantitative estimate of drug-likeness (QED) is 0.467. The largest absolute Gasteiger partial charge is 0.349 e. The summed E-state index contributed by atoms with van der Waals surface area (Å²) in [5, 5.41) is 0. The van der Waals surface area contributed by atoms with E-state index in [9.17, 15) is 0 Å². The lowest BCUT2D eigenvalue weighted by molar-refractivity contribution is 0.0136. The molecule has 1 spiro atoms. The van der Waals surface area contributed by atoms with E-state index in [0.717, 1.165) is 11.3 Å². The highest BCUT2D eigenvalue weighted by Crippen LogP contribution is 2.51. The smallest absolute Gasteiger partial charge is 0.185 e. The van der Waals surface area contributed by atoms with Gasteiger partial charge in [-0.15, -0.1) is 0 Å². The maximum absolute atomic E-state index is 2.47. The molecule has 1 aliphatic carbocycles. The molecule has 0 aromatic rings. The van der Waals surface area contributed by atoms with Crippen molar-refractivity contribution < 1.29 is 0 Å². The van der Waals surface area contributed by atoms with Gasteiger partial charge in [0, 0.05) is 0 Å². The van der Waals surface area contributed by atoms with Gasteiger partial charge in [0.05, 0.1) is 0 Å². The maximum atomic E-state index is 2.47. The Kier molecular flexibility index (Phi) is 1.75. The van der Waals surface area contributed by atoms with Crippen molar-refractivity contribution >= 4 is 7.98 Å². The predicted molar refractivity (Wildman–Crippen MR) is 50.2 cm³/mol. The monoisotopic (exact) mass is 151 g/mol. The first-order valence-corrected chi connectivity index (χ1v) is 4.89. The van der Waals surface area contributed by atoms with Crippen LogP contribution in [0.4, 0.5) is 0 Å². The summed E-state index contributed by atoms with van der Waals surface area (Å²) in [5.41, 5.74) is 0.811. The van der Waals surface area contributed by atoms with Crippen LogP contribution < -0.4 is 0 Å². The molecule has 1 saturated heterocycles.